The first-order valence-corrected chi connectivity index (χ1v) is 7.79. The molecule has 1 aromatic carbocycles. The molecule has 0 aliphatic carbocycles. The van der Waals surface area contributed by atoms with Gasteiger partial charge >= 0.3 is 0 Å². The number of likely N-dealkylation sites (tertiary alicyclic amines) is 1. The second kappa shape index (κ2) is 5.81. The van der Waals surface area contributed by atoms with Gasteiger partial charge in [-0.25, -0.2) is 0 Å². The summed E-state index contributed by atoms with van der Waals surface area (Å²) < 4.78 is 0. The van der Waals surface area contributed by atoms with Gasteiger partial charge in [-0.3, -0.25) is 4.90 Å². The van der Waals surface area contributed by atoms with Crippen LogP contribution < -0.4 is 5.32 Å². The van der Waals surface area contributed by atoms with Crippen molar-refractivity contribution in [2.24, 2.45) is 0 Å². The van der Waals surface area contributed by atoms with Gasteiger partial charge in [0.25, 0.3) is 0 Å². The Hall–Kier alpha value is -0.930. The number of nitrogens with zero attached hydrogens (tertiary/aromatic N) is 1. The summed E-state index contributed by atoms with van der Waals surface area (Å²) in [4.78, 5) is 2.59. The minimum atomic E-state index is 0.443. The molecule has 1 fully saturated rings. The fourth-order valence-electron chi connectivity index (χ4n) is 2.61. The van der Waals surface area contributed by atoms with Gasteiger partial charge < -0.3 is 5.32 Å². The van der Waals surface area contributed by atoms with Crippen LogP contribution in [-0.4, -0.2) is 23.5 Å². The summed E-state index contributed by atoms with van der Waals surface area (Å²) in [6, 6.07) is 10.6. The summed E-state index contributed by atoms with van der Waals surface area (Å²) in [5.74, 6) is 0. The average Bonchev–Trinajstić information content (AvgIpc) is 2.76. The Morgan fingerprint density at radius 2 is 1.72 bits per heavy atom. The average molecular weight is 260 g/mol. The van der Waals surface area contributed by atoms with Crippen LogP contribution in [0, 0.1) is 0 Å². The topological polar surface area (TPSA) is 15.3 Å². The van der Waals surface area contributed by atoms with Crippen LogP contribution in [0.5, 0.6) is 0 Å². The molecule has 18 heavy (non-hydrogen) atoms. The monoisotopic (exact) mass is 260 g/mol. The molecule has 0 bridgehead atoms. The lowest BCUT2D eigenvalue weighted by Gasteiger charge is -2.27. The molecule has 2 heterocycles. The Kier molecular flexibility index (Phi) is 3.91. The third-order valence-electron chi connectivity index (χ3n) is 3.65. The zero-order valence-electron chi connectivity index (χ0n) is 10.6. The molecule has 96 valence electrons. The third kappa shape index (κ3) is 2.73. The maximum Gasteiger partial charge on any atom is 0.132 e. The SMILES string of the molecule is C1=C(c2ccccc2)NC(N2CCCCCC2)S1. The lowest BCUT2D eigenvalue weighted by Crippen LogP contribution is -2.40. The van der Waals surface area contributed by atoms with E-state index < -0.39 is 0 Å². The first-order chi connectivity index (χ1) is 8.93. The highest BCUT2D eigenvalue weighted by molar-refractivity contribution is 8.03. The molecule has 1 aromatic rings. The van der Waals surface area contributed by atoms with Crippen LogP contribution in [0.15, 0.2) is 35.7 Å². The Labute approximate surface area is 113 Å². The standard InChI is InChI=1S/C15H20N2S/c1-2-7-11-17(10-6-1)15-16-14(12-18-15)13-8-4-3-5-9-13/h3-5,8-9,12,15-16H,1-2,6-7,10-11H2. The number of hydrogen-bond donors (Lipinski definition) is 1. The maximum absolute atomic E-state index is 3.65. The Morgan fingerprint density at radius 1 is 1.00 bits per heavy atom. The van der Waals surface area contributed by atoms with E-state index in [4.69, 9.17) is 0 Å². The number of thioether (sulfide) groups is 1. The molecule has 1 atom stereocenters. The summed E-state index contributed by atoms with van der Waals surface area (Å²) in [6.07, 6.45) is 5.48. The van der Waals surface area contributed by atoms with Crippen LogP contribution in [0.2, 0.25) is 0 Å². The number of benzene rings is 1. The lowest BCUT2D eigenvalue weighted by molar-refractivity contribution is 0.255. The minimum absolute atomic E-state index is 0.443. The predicted octanol–water partition coefficient (Wildman–Crippen LogP) is 3.48. The van der Waals surface area contributed by atoms with Crippen molar-refractivity contribution in [3.63, 3.8) is 0 Å². The van der Waals surface area contributed by atoms with Crippen LogP contribution in [0.3, 0.4) is 0 Å². The van der Waals surface area contributed by atoms with E-state index in [2.05, 4.69) is 46.0 Å². The van der Waals surface area contributed by atoms with Crippen LogP contribution in [0.1, 0.15) is 31.2 Å². The van der Waals surface area contributed by atoms with Gasteiger partial charge in [0.15, 0.2) is 0 Å². The van der Waals surface area contributed by atoms with E-state index in [1.54, 1.807) is 0 Å². The molecular weight excluding hydrogens is 240 g/mol. The van der Waals surface area contributed by atoms with Gasteiger partial charge in [0.1, 0.15) is 5.50 Å². The minimum Gasteiger partial charge on any atom is -0.360 e. The number of nitrogens with one attached hydrogen (secondary N) is 1. The van der Waals surface area contributed by atoms with E-state index in [1.807, 2.05) is 11.8 Å². The third-order valence-corrected chi connectivity index (χ3v) is 4.70. The molecule has 1 unspecified atom stereocenters. The van der Waals surface area contributed by atoms with Crippen LogP contribution in [-0.2, 0) is 0 Å². The molecule has 1 N–H and O–H groups in total. The molecule has 0 amide bonds. The van der Waals surface area contributed by atoms with Gasteiger partial charge in [0, 0.05) is 18.8 Å². The van der Waals surface area contributed by atoms with Crippen molar-refractivity contribution >= 4 is 17.5 Å². The van der Waals surface area contributed by atoms with E-state index in [-0.39, 0.29) is 0 Å². The van der Waals surface area contributed by atoms with Crippen molar-refractivity contribution in [3.05, 3.63) is 41.3 Å². The molecule has 3 heteroatoms. The molecule has 0 saturated carbocycles. The Morgan fingerprint density at radius 3 is 2.44 bits per heavy atom. The molecule has 2 aliphatic rings. The quantitative estimate of drug-likeness (QED) is 0.876. The van der Waals surface area contributed by atoms with Crippen molar-refractivity contribution in [3.8, 4) is 0 Å². The molecule has 0 radical (unpaired) electrons. The predicted molar refractivity (Wildman–Crippen MR) is 79.0 cm³/mol. The molecule has 2 nitrogen and oxygen atoms in total. The van der Waals surface area contributed by atoms with Crippen LogP contribution >= 0.6 is 11.8 Å². The van der Waals surface area contributed by atoms with E-state index >= 15 is 0 Å². The summed E-state index contributed by atoms with van der Waals surface area (Å²) in [6.45, 7) is 2.47. The van der Waals surface area contributed by atoms with E-state index in [0.29, 0.717) is 5.50 Å². The Balaban J connectivity index is 1.63. The fourth-order valence-corrected chi connectivity index (χ4v) is 3.66. The van der Waals surface area contributed by atoms with Gasteiger partial charge in [0.2, 0.25) is 0 Å². The molecule has 3 rings (SSSR count). The second-order valence-corrected chi connectivity index (χ2v) is 5.93. The van der Waals surface area contributed by atoms with E-state index in [0.717, 1.165) is 0 Å². The molecule has 0 spiro atoms. The zero-order valence-corrected chi connectivity index (χ0v) is 11.5. The van der Waals surface area contributed by atoms with Crippen molar-refractivity contribution in [1.29, 1.82) is 0 Å². The van der Waals surface area contributed by atoms with Crippen LogP contribution in [0.4, 0.5) is 0 Å². The normalized spacial score (nSPS) is 25.3. The van der Waals surface area contributed by atoms with Crippen molar-refractivity contribution in [2.75, 3.05) is 13.1 Å². The number of hydrogen-bond acceptors (Lipinski definition) is 3. The van der Waals surface area contributed by atoms with Crippen molar-refractivity contribution in [2.45, 2.75) is 31.2 Å². The molecule has 2 aliphatic heterocycles. The van der Waals surface area contributed by atoms with E-state index in [9.17, 15) is 0 Å². The molecule has 1 saturated heterocycles. The van der Waals surface area contributed by atoms with Gasteiger partial charge in [-0.2, -0.15) is 0 Å². The largest absolute Gasteiger partial charge is 0.360 e. The fraction of sp³-hybridized carbons (Fsp3) is 0.467. The highest BCUT2D eigenvalue weighted by Crippen LogP contribution is 2.30. The van der Waals surface area contributed by atoms with Gasteiger partial charge in [-0.05, 0) is 23.8 Å². The summed E-state index contributed by atoms with van der Waals surface area (Å²) in [5, 5.41) is 5.92. The lowest BCUT2D eigenvalue weighted by atomic mass is 10.2. The van der Waals surface area contributed by atoms with Gasteiger partial charge in [-0.1, -0.05) is 54.9 Å². The van der Waals surface area contributed by atoms with Gasteiger partial charge in [-0.15, -0.1) is 0 Å². The molecule has 0 aromatic heterocycles. The summed E-state index contributed by atoms with van der Waals surface area (Å²) in [5.41, 5.74) is 3.01. The highest BCUT2D eigenvalue weighted by atomic mass is 32.2. The van der Waals surface area contributed by atoms with E-state index in [1.165, 1.54) is 50.0 Å². The van der Waals surface area contributed by atoms with Gasteiger partial charge in [0.05, 0.1) is 0 Å². The number of rotatable bonds is 2. The first-order valence-electron chi connectivity index (χ1n) is 6.85. The highest BCUT2D eigenvalue weighted by Gasteiger charge is 2.24. The second-order valence-electron chi connectivity index (χ2n) is 4.98. The molecular formula is C15H20N2S. The summed E-state index contributed by atoms with van der Waals surface area (Å²) >= 11 is 1.91. The summed E-state index contributed by atoms with van der Waals surface area (Å²) in [7, 11) is 0. The first kappa shape index (κ1) is 12.1. The zero-order chi connectivity index (χ0) is 12.2. The van der Waals surface area contributed by atoms with Crippen molar-refractivity contribution < 1.29 is 0 Å². The Bertz CT molecular complexity index is 408. The maximum atomic E-state index is 3.65. The van der Waals surface area contributed by atoms with Crippen molar-refractivity contribution in [1.82, 2.24) is 10.2 Å². The smallest absolute Gasteiger partial charge is 0.132 e. The van der Waals surface area contributed by atoms with Crippen LogP contribution in [0.25, 0.3) is 5.70 Å².